The average molecular weight is 348 g/mol. The van der Waals surface area contributed by atoms with Crippen LogP contribution in [0.25, 0.3) is 5.69 Å². The SMILES string of the molecule is CNC(=O)[C@H](NC(=O)c1cc(C)n(-c2ccccc2)n1)c1ccccc1. The average Bonchev–Trinajstić information content (AvgIpc) is 3.08. The van der Waals surface area contributed by atoms with Crippen molar-refractivity contribution in [3.05, 3.63) is 83.7 Å². The van der Waals surface area contributed by atoms with E-state index in [9.17, 15) is 9.59 Å². The number of hydrogen-bond acceptors (Lipinski definition) is 3. The van der Waals surface area contributed by atoms with Crippen molar-refractivity contribution < 1.29 is 9.59 Å². The maximum atomic E-state index is 12.7. The number of para-hydroxylation sites is 1. The molecule has 0 spiro atoms. The van der Waals surface area contributed by atoms with Crippen molar-refractivity contribution in [3.63, 3.8) is 0 Å². The first-order chi connectivity index (χ1) is 12.6. The third-order valence-electron chi connectivity index (χ3n) is 4.04. The third-order valence-corrected chi connectivity index (χ3v) is 4.04. The Bertz CT molecular complexity index is 904. The van der Waals surface area contributed by atoms with E-state index in [4.69, 9.17) is 0 Å². The van der Waals surface area contributed by atoms with Gasteiger partial charge in [-0.15, -0.1) is 0 Å². The van der Waals surface area contributed by atoms with Gasteiger partial charge in [0.15, 0.2) is 5.69 Å². The van der Waals surface area contributed by atoms with E-state index < -0.39 is 11.9 Å². The molecular weight excluding hydrogens is 328 g/mol. The van der Waals surface area contributed by atoms with E-state index in [1.807, 2.05) is 55.5 Å². The van der Waals surface area contributed by atoms with Crippen LogP contribution in [0.3, 0.4) is 0 Å². The molecule has 1 aromatic heterocycles. The van der Waals surface area contributed by atoms with Gasteiger partial charge in [-0.2, -0.15) is 5.10 Å². The van der Waals surface area contributed by atoms with Crippen LogP contribution in [0, 0.1) is 6.92 Å². The van der Waals surface area contributed by atoms with E-state index in [1.54, 1.807) is 29.9 Å². The summed E-state index contributed by atoms with van der Waals surface area (Å²) in [5.74, 6) is -0.691. The number of aryl methyl sites for hydroxylation is 1. The maximum Gasteiger partial charge on any atom is 0.272 e. The molecule has 26 heavy (non-hydrogen) atoms. The fraction of sp³-hybridized carbons (Fsp3) is 0.150. The molecule has 0 radical (unpaired) electrons. The van der Waals surface area contributed by atoms with E-state index in [-0.39, 0.29) is 11.6 Å². The number of carbonyl (C=O) groups excluding carboxylic acids is 2. The van der Waals surface area contributed by atoms with Crippen molar-refractivity contribution in [1.82, 2.24) is 20.4 Å². The van der Waals surface area contributed by atoms with E-state index in [1.165, 1.54) is 0 Å². The summed E-state index contributed by atoms with van der Waals surface area (Å²) in [4.78, 5) is 24.9. The molecule has 2 aromatic carbocycles. The molecule has 3 rings (SSSR count). The molecule has 2 amide bonds. The topological polar surface area (TPSA) is 76.0 Å². The molecule has 6 heteroatoms. The van der Waals surface area contributed by atoms with Crippen LogP contribution in [0.5, 0.6) is 0 Å². The lowest BCUT2D eigenvalue weighted by Gasteiger charge is -2.17. The zero-order valence-electron chi connectivity index (χ0n) is 14.6. The Morgan fingerprint density at radius 3 is 2.23 bits per heavy atom. The lowest BCUT2D eigenvalue weighted by molar-refractivity contribution is -0.122. The molecule has 6 nitrogen and oxygen atoms in total. The Labute approximate surface area is 151 Å². The highest BCUT2D eigenvalue weighted by Crippen LogP contribution is 2.15. The zero-order chi connectivity index (χ0) is 18.5. The first kappa shape index (κ1) is 17.4. The van der Waals surface area contributed by atoms with E-state index >= 15 is 0 Å². The van der Waals surface area contributed by atoms with Crippen LogP contribution < -0.4 is 10.6 Å². The number of amides is 2. The van der Waals surface area contributed by atoms with Crippen molar-refractivity contribution in [2.75, 3.05) is 7.05 Å². The molecule has 0 saturated carbocycles. The highest BCUT2D eigenvalue weighted by Gasteiger charge is 2.23. The van der Waals surface area contributed by atoms with Crippen LogP contribution in [-0.2, 0) is 4.79 Å². The Morgan fingerprint density at radius 1 is 1.00 bits per heavy atom. The Hall–Kier alpha value is -3.41. The monoisotopic (exact) mass is 348 g/mol. The third kappa shape index (κ3) is 3.64. The molecule has 0 aliphatic rings. The predicted molar refractivity (Wildman–Crippen MR) is 99.0 cm³/mol. The van der Waals surface area contributed by atoms with Gasteiger partial charge in [0, 0.05) is 12.7 Å². The highest BCUT2D eigenvalue weighted by atomic mass is 16.2. The lowest BCUT2D eigenvalue weighted by atomic mass is 10.1. The molecular formula is C20H20N4O2. The zero-order valence-corrected chi connectivity index (χ0v) is 14.6. The van der Waals surface area contributed by atoms with Gasteiger partial charge in [0.2, 0.25) is 5.91 Å². The summed E-state index contributed by atoms with van der Waals surface area (Å²) in [6, 6.07) is 19.6. The van der Waals surface area contributed by atoms with Crippen LogP contribution in [-0.4, -0.2) is 28.6 Å². The summed E-state index contributed by atoms with van der Waals surface area (Å²) in [6.07, 6.45) is 0. The number of nitrogens with one attached hydrogen (secondary N) is 2. The van der Waals surface area contributed by atoms with Gasteiger partial charge >= 0.3 is 0 Å². The van der Waals surface area contributed by atoms with E-state index in [2.05, 4.69) is 15.7 Å². The minimum Gasteiger partial charge on any atom is -0.357 e. The largest absolute Gasteiger partial charge is 0.357 e. The summed E-state index contributed by atoms with van der Waals surface area (Å²) < 4.78 is 1.70. The van der Waals surface area contributed by atoms with Crippen LogP contribution >= 0.6 is 0 Å². The number of nitrogens with zero attached hydrogens (tertiary/aromatic N) is 2. The molecule has 3 aromatic rings. The molecule has 1 heterocycles. The molecule has 0 saturated heterocycles. The summed E-state index contributed by atoms with van der Waals surface area (Å²) >= 11 is 0. The van der Waals surface area contributed by atoms with Gasteiger partial charge in [0.05, 0.1) is 5.69 Å². The van der Waals surface area contributed by atoms with Crippen molar-refractivity contribution in [1.29, 1.82) is 0 Å². The molecule has 132 valence electrons. The maximum absolute atomic E-state index is 12.7. The van der Waals surface area contributed by atoms with Crippen molar-refractivity contribution in [2.45, 2.75) is 13.0 Å². The Kier molecular flexibility index (Phi) is 5.12. The Balaban J connectivity index is 1.86. The minimum absolute atomic E-state index is 0.260. The first-order valence-corrected chi connectivity index (χ1v) is 8.29. The second-order valence-corrected chi connectivity index (χ2v) is 5.85. The number of likely N-dealkylation sites (N-methyl/N-ethyl adjacent to an activating group) is 1. The fourth-order valence-corrected chi connectivity index (χ4v) is 2.71. The second-order valence-electron chi connectivity index (χ2n) is 5.85. The summed E-state index contributed by atoms with van der Waals surface area (Å²) in [6.45, 7) is 1.88. The van der Waals surface area contributed by atoms with Crippen molar-refractivity contribution >= 4 is 11.8 Å². The second kappa shape index (κ2) is 7.65. The molecule has 0 unspecified atom stereocenters. The Morgan fingerprint density at radius 2 is 1.62 bits per heavy atom. The lowest BCUT2D eigenvalue weighted by Crippen LogP contribution is -2.39. The quantitative estimate of drug-likeness (QED) is 0.743. The van der Waals surface area contributed by atoms with Gasteiger partial charge < -0.3 is 10.6 Å². The molecule has 0 fully saturated rings. The van der Waals surface area contributed by atoms with Crippen molar-refractivity contribution in [3.8, 4) is 5.69 Å². The summed E-state index contributed by atoms with van der Waals surface area (Å²) in [7, 11) is 1.54. The number of hydrogen-bond donors (Lipinski definition) is 2. The minimum atomic E-state index is -0.782. The molecule has 0 aliphatic carbocycles. The summed E-state index contributed by atoms with van der Waals surface area (Å²) in [5.41, 5.74) is 2.67. The fourth-order valence-electron chi connectivity index (χ4n) is 2.71. The highest BCUT2D eigenvalue weighted by molar-refractivity contribution is 5.96. The van der Waals surface area contributed by atoms with Gasteiger partial charge in [-0.25, -0.2) is 4.68 Å². The van der Waals surface area contributed by atoms with Gasteiger partial charge in [0.1, 0.15) is 6.04 Å². The summed E-state index contributed by atoms with van der Waals surface area (Å²) in [5, 5.41) is 9.73. The van der Waals surface area contributed by atoms with Gasteiger partial charge in [-0.05, 0) is 30.7 Å². The molecule has 0 bridgehead atoms. The molecule has 2 N–H and O–H groups in total. The van der Waals surface area contributed by atoms with Crippen LogP contribution in [0.2, 0.25) is 0 Å². The van der Waals surface area contributed by atoms with Crippen LogP contribution in [0.4, 0.5) is 0 Å². The smallest absolute Gasteiger partial charge is 0.272 e. The van der Waals surface area contributed by atoms with E-state index in [0.29, 0.717) is 5.56 Å². The predicted octanol–water partition coefficient (Wildman–Crippen LogP) is 2.40. The van der Waals surface area contributed by atoms with Crippen LogP contribution in [0.1, 0.15) is 27.8 Å². The number of carbonyl (C=O) groups is 2. The van der Waals surface area contributed by atoms with Gasteiger partial charge in [0.25, 0.3) is 5.91 Å². The number of rotatable bonds is 5. The van der Waals surface area contributed by atoms with Crippen LogP contribution in [0.15, 0.2) is 66.7 Å². The van der Waals surface area contributed by atoms with E-state index in [0.717, 1.165) is 11.4 Å². The number of aromatic nitrogens is 2. The van der Waals surface area contributed by atoms with Gasteiger partial charge in [-0.3, -0.25) is 9.59 Å². The normalized spacial score (nSPS) is 11.6. The molecule has 1 atom stereocenters. The molecule has 0 aliphatic heterocycles. The standard InChI is InChI=1S/C20H20N4O2/c1-14-13-17(23-24(14)16-11-7-4-8-12-16)19(25)22-18(20(26)21-2)15-9-5-3-6-10-15/h3-13,18H,1-2H3,(H,21,26)(H,22,25)/t18-/m1/s1. The van der Waals surface area contributed by atoms with Gasteiger partial charge in [-0.1, -0.05) is 48.5 Å². The first-order valence-electron chi connectivity index (χ1n) is 8.29. The number of benzene rings is 2. The van der Waals surface area contributed by atoms with Crippen molar-refractivity contribution in [2.24, 2.45) is 0 Å².